The zero-order valence-corrected chi connectivity index (χ0v) is 17.2. The molecular weight excluding hydrogens is 403 g/mol. The molecule has 30 heavy (non-hydrogen) atoms. The predicted molar refractivity (Wildman–Crippen MR) is 113 cm³/mol. The van der Waals surface area contributed by atoms with Crippen LogP contribution >= 0.6 is 0 Å². The second kappa shape index (κ2) is 7.91. The molecule has 3 aromatic rings. The standard InChI is InChI=1S/C23H21FN2O3S/c1-15-2-8-19(9-3-15)26-30(28,29)20-10-4-16(5-11-20)23(27)25-22-13-6-17-14-18(24)7-12-21(17)22/h2-5,7-12,14,22,26H,6,13H2,1H3,(H,25,27). The summed E-state index contributed by atoms with van der Waals surface area (Å²) in [5.74, 6) is -0.579. The van der Waals surface area contributed by atoms with Gasteiger partial charge in [-0.15, -0.1) is 0 Å². The molecule has 3 aromatic carbocycles. The molecule has 2 N–H and O–H groups in total. The van der Waals surface area contributed by atoms with Crippen molar-refractivity contribution in [3.05, 3.63) is 94.8 Å². The highest BCUT2D eigenvalue weighted by molar-refractivity contribution is 7.92. The fourth-order valence-corrected chi connectivity index (χ4v) is 4.66. The molecule has 1 amide bonds. The number of aryl methyl sites for hydroxylation is 2. The molecule has 0 saturated heterocycles. The number of hydrogen-bond acceptors (Lipinski definition) is 3. The third kappa shape index (κ3) is 4.21. The average Bonchev–Trinajstić information content (AvgIpc) is 3.11. The van der Waals surface area contributed by atoms with Crippen molar-refractivity contribution in [1.29, 1.82) is 0 Å². The van der Waals surface area contributed by atoms with E-state index in [-0.39, 0.29) is 22.7 Å². The van der Waals surface area contributed by atoms with E-state index in [0.29, 0.717) is 24.1 Å². The number of rotatable bonds is 5. The molecule has 7 heteroatoms. The molecule has 1 unspecified atom stereocenters. The highest BCUT2D eigenvalue weighted by Crippen LogP contribution is 2.31. The van der Waals surface area contributed by atoms with Crippen molar-refractivity contribution in [2.24, 2.45) is 0 Å². The van der Waals surface area contributed by atoms with E-state index in [2.05, 4.69) is 10.0 Å². The lowest BCUT2D eigenvalue weighted by Crippen LogP contribution is -2.27. The SMILES string of the molecule is Cc1ccc(NS(=O)(=O)c2ccc(C(=O)NC3CCc4cc(F)ccc43)cc2)cc1. The number of anilines is 1. The van der Waals surface area contributed by atoms with Crippen LogP contribution in [0, 0.1) is 12.7 Å². The smallest absolute Gasteiger partial charge is 0.261 e. The minimum Gasteiger partial charge on any atom is -0.345 e. The number of benzene rings is 3. The lowest BCUT2D eigenvalue weighted by molar-refractivity contribution is 0.0936. The number of fused-ring (bicyclic) bond motifs is 1. The summed E-state index contributed by atoms with van der Waals surface area (Å²) < 4.78 is 41.0. The van der Waals surface area contributed by atoms with Gasteiger partial charge >= 0.3 is 0 Å². The third-order valence-corrected chi connectivity index (χ3v) is 6.62. The number of halogens is 1. The molecule has 0 aromatic heterocycles. The van der Waals surface area contributed by atoms with Crippen molar-refractivity contribution in [2.45, 2.75) is 30.7 Å². The van der Waals surface area contributed by atoms with Gasteiger partial charge in [-0.05, 0) is 79.4 Å². The quantitative estimate of drug-likeness (QED) is 0.639. The van der Waals surface area contributed by atoms with Crippen LogP contribution < -0.4 is 10.0 Å². The van der Waals surface area contributed by atoms with E-state index in [1.54, 1.807) is 18.2 Å². The van der Waals surface area contributed by atoms with Crippen LogP contribution in [0.4, 0.5) is 10.1 Å². The van der Waals surface area contributed by atoms with E-state index in [4.69, 9.17) is 0 Å². The second-order valence-corrected chi connectivity index (χ2v) is 9.09. The number of nitrogens with one attached hydrogen (secondary N) is 2. The van der Waals surface area contributed by atoms with Crippen LogP contribution in [0.15, 0.2) is 71.6 Å². The number of amides is 1. The highest BCUT2D eigenvalue weighted by atomic mass is 32.2. The molecule has 0 fully saturated rings. The summed E-state index contributed by atoms with van der Waals surface area (Å²) in [5, 5.41) is 2.95. The van der Waals surface area contributed by atoms with E-state index >= 15 is 0 Å². The third-order valence-electron chi connectivity index (χ3n) is 5.22. The average molecular weight is 424 g/mol. The van der Waals surface area contributed by atoms with Crippen LogP contribution in [0.3, 0.4) is 0 Å². The van der Waals surface area contributed by atoms with Crippen LogP contribution in [0.5, 0.6) is 0 Å². The van der Waals surface area contributed by atoms with Gasteiger partial charge in [0.1, 0.15) is 5.82 Å². The molecule has 0 spiro atoms. The molecule has 4 rings (SSSR count). The Morgan fingerprint density at radius 1 is 1.00 bits per heavy atom. The predicted octanol–water partition coefficient (Wildman–Crippen LogP) is 4.35. The normalized spacial score (nSPS) is 15.5. The monoisotopic (exact) mass is 424 g/mol. The number of sulfonamides is 1. The Labute approximate surface area is 175 Å². The maximum atomic E-state index is 13.4. The Morgan fingerprint density at radius 3 is 2.40 bits per heavy atom. The van der Waals surface area contributed by atoms with Crippen molar-refractivity contribution in [3.8, 4) is 0 Å². The zero-order valence-electron chi connectivity index (χ0n) is 16.4. The van der Waals surface area contributed by atoms with E-state index in [9.17, 15) is 17.6 Å². The van der Waals surface area contributed by atoms with Gasteiger partial charge in [0.15, 0.2) is 0 Å². The van der Waals surface area contributed by atoms with Crippen LogP contribution in [-0.4, -0.2) is 14.3 Å². The van der Waals surface area contributed by atoms with Gasteiger partial charge in [0.2, 0.25) is 0 Å². The Bertz CT molecular complexity index is 1190. The van der Waals surface area contributed by atoms with Crippen LogP contribution in [-0.2, 0) is 16.4 Å². The van der Waals surface area contributed by atoms with Gasteiger partial charge in [-0.1, -0.05) is 23.8 Å². The van der Waals surface area contributed by atoms with Gasteiger partial charge in [0.05, 0.1) is 10.9 Å². The first-order valence-corrected chi connectivity index (χ1v) is 11.1. The van der Waals surface area contributed by atoms with Crippen LogP contribution in [0.25, 0.3) is 0 Å². The summed E-state index contributed by atoms with van der Waals surface area (Å²) in [6.45, 7) is 1.92. The maximum absolute atomic E-state index is 13.4. The lowest BCUT2D eigenvalue weighted by atomic mass is 10.1. The summed E-state index contributed by atoms with van der Waals surface area (Å²) >= 11 is 0. The maximum Gasteiger partial charge on any atom is 0.261 e. The Hall–Kier alpha value is -3.19. The highest BCUT2D eigenvalue weighted by Gasteiger charge is 2.25. The van der Waals surface area contributed by atoms with Crippen molar-refractivity contribution >= 4 is 21.6 Å². The van der Waals surface area contributed by atoms with Gasteiger partial charge < -0.3 is 5.32 Å². The van der Waals surface area contributed by atoms with Crippen LogP contribution in [0.2, 0.25) is 0 Å². The lowest BCUT2D eigenvalue weighted by Gasteiger charge is -2.14. The van der Waals surface area contributed by atoms with Crippen molar-refractivity contribution in [2.75, 3.05) is 4.72 Å². The molecule has 1 aliphatic rings. The second-order valence-electron chi connectivity index (χ2n) is 7.40. The van der Waals surface area contributed by atoms with Crippen molar-refractivity contribution in [3.63, 3.8) is 0 Å². The fourth-order valence-electron chi connectivity index (χ4n) is 3.60. The van der Waals surface area contributed by atoms with E-state index in [1.165, 1.54) is 36.4 Å². The van der Waals surface area contributed by atoms with Crippen LogP contribution in [0.1, 0.15) is 39.5 Å². The number of carbonyl (C=O) groups is 1. The first kappa shape index (κ1) is 20.1. The summed E-state index contributed by atoms with van der Waals surface area (Å²) in [4.78, 5) is 12.7. The van der Waals surface area contributed by atoms with Gasteiger partial charge in [-0.25, -0.2) is 12.8 Å². The summed E-state index contributed by atoms with van der Waals surface area (Å²) in [5.41, 5.74) is 3.69. The molecule has 0 aliphatic heterocycles. The fraction of sp³-hybridized carbons (Fsp3) is 0.174. The van der Waals surface area contributed by atoms with E-state index < -0.39 is 10.0 Å². The van der Waals surface area contributed by atoms with Crippen molar-refractivity contribution in [1.82, 2.24) is 5.32 Å². The summed E-state index contributed by atoms with van der Waals surface area (Å²) in [6, 6.07) is 17.2. The number of hydrogen-bond donors (Lipinski definition) is 2. The van der Waals surface area contributed by atoms with E-state index in [0.717, 1.165) is 16.7 Å². The molecule has 0 saturated carbocycles. The molecule has 0 bridgehead atoms. The Morgan fingerprint density at radius 2 is 1.70 bits per heavy atom. The molecule has 1 atom stereocenters. The van der Waals surface area contributed by atoms with Gasteiger partial charge in [0.25, 0.3) is 15.9 Å². The topological polar surface area (TPSA) is 75.3 Å². The van der Waals surface area contributed by atoms with Crippen molar-refractivity contribution < 1.29 is 17.6 Å². The molecule has 0 radical (unpaired) electrons. The summed E-state index contributed by atoms with van der Waals surface area (Å²) in [7, 11) is -3.75. The molecule has 0 heterocycles. The van der Waals surface area contributed by atoms with E-state index in [1.807, 2.05) is 19.1 Å². The molecule has 5 nitrogen and oxygen atoms in total. The minimum atomic E-state index is -3.75. The van der Waals surface area contributed by atoms with Gasteiger partial charge in [-0.2, -0.15) is 0 Å². The first-order chi connectivity index (χ1) is 14.3. The van der Waals surface area contributed by atoms with Gasteiger partial charge in [-0.3, -0.25) is 9.52 Å². The first-order valence-electron chi connectivity index (χ1n) is 9.60. The zero-order chi connectivity index (χ0) is 21.3. The van der Waals surface area contributed by atoms with Gasteiger partial charge in [0, 0.05) is 11.3 Å². The largest absolute Gasteiger partial charge is 0.345 e. The number of carbonyl (C=O) groups excluding carboxylic acids is 1. The molecule has 154 valence electrons. The minimum absolute atomic E-state index is 0.0707. The Kier molecular flexibility index (Phi) is 5.30. The molecule has 1 aliphatic carbocycles. The summed E-state index contributed by atoms with van der Waals surface area (Å²) in [6.07, 6.45) is 1.41. The Balaban J connectivity index is 1.46. The molecular formula is C23H21FN2O3S.